The molecule has 0 aliphatic rings. The van der Waals surface area contributed by atoms with Gasteiger partial charge in [0.1, 0.15) is 5.01 Å². The fraction of sp³-hybridized carbons (Fsp3) is 0. The van der Waals surface area contributed by atoms with Crippen molar-refractivity contribution >= 4 is 91.7 Å². The van der Waals surface area contributed by atoms with Crippen LogP contribution in [0.3, 0.4) is 0 Å². The lowest BCUT2D eigenvalue weighted by atomic mass is 9.99. The van der Waals surface area contributed by atoms with Gasteiger partial charge in [-0.2, -0.15) is 0 Å². The van der Waals surface area contributed by atoms with Gasteiger partial charge in [-0.3, -0.25) is 0 Å². The molecule has 2 heterocycles. The Morgan fingerprint density at radius 3 is 1.98 bits per heavy atom. The number of anilines is 3. The number of rotatable bonds is 5. The monoisotopic (exact) mass is 660 g/mol. The maximum atomic E-state index is 5.07. The molecule has 49 heavy (non-hydrogen) atoms. The maximum absolute atomic E-state index is 5.07. The largest absolute Gasteiger partial charge is 0.310 e. The lowest BCUT2D eigenvalue weighted by Gasteiger charge is -2.26. The molecule has 0 radical (unpaired) electrons. The minimum atomic E-state index is 1.04. The predicted molar refractivity (Wildman–Crippen MR) is 213 cm³/mol. The van der Waals surface area contributed by atoms with Crippen LogP contribution in [0.5, 0.6) is 0 Å². The summed E-state index contributed by atoms with van der Waals surface area (Å²) >= 11 is 3.64. The van der Waals surface area contributed by atoms with E-state index in [1.54, 1.807) is 11.3 Å². The van der Waals surface area contributed by atoms with Crippen LogP contribution in [0.4, 0.5) is 17.1 Å². The number of thiazole rings is 1. The first-order valence-corrected chi connectivity index (χ1v) is 18.1. The molecule has 2 nitrogen and oxygen atoms in total. The average Bonchev–Trinajstić information content (AvgIpc) is 3.77. The van der Waals surface area contributed by atoms with Gasteiger partial charge in [-0.15, -0.1) is 22.7 Å². The Morgan fingerprint density at radius 1 is 0.408 bits per heavy atom. The predicted octanol–water partition coefficient (Wildman–Crippen LogP) is 13.8. The molecule has 0 aliphatic carbocycles. The van der Waals surface area contributed by atoms with Crippen molar-refractivity contribution in [2.24, 2.45) is 0 Å². The van der Waals surface area contributed by atoms with E-state index in [-0.39, 0.29) is 0 Å². The molecule has 230 valence electrons. The lowest BCUT2D eigenvalue weighted by Crippen LogP contribution is -2.09. The van der Waals surface area contributed by atoms with Gasteiger partial charge in [0.25, 0.3) is 0 Å². The Bertz CT molecular complexity index is 2830. The van der Waals surface area contributed by atoms with Crippen molar-refractivity contribution in [3.05, 3.63) is 170 Å². The van der Waals surface area contributed by atoms with E-state index in [1.807, 2.05) is 11.3 Å². The van der Waals surface area contributed by atoms with E-state index < -0.39 is 0 Å². The highest BCUT2D eigenvalue weighted by atomic mass is 32.1. The number of thiophene rings is 1. The summed E-state index contributed by atoms with van der Waals surface area (Å²) in [5.74, 6) is 0. The molecule has 10 rings (SSSR count). The van der Waals surface area contributed by atoms with Gasteiger partial charge < -0.3 is 4.90 Å². The Balaban J connectivity index is 1.15. The Hall–Kier alpha value is -5.81. The Kier molecular flexibility index (Phi) is 6.57. The molecule has 0 bridgehead atoms. The summed E-state index contributed by atoms with van der Waals surface area (Å²) in [6.45, 7) is 0. The van der Waals surface area contributed by atoms with Crippen molar-refractivity contribution in [1.82, 2.24) is 4.98 Å². The normalized spacial score (nSPS) is 11.7. The topological polar surface area (TPSA) is 16.1 Å². The second-order valence-electron chi connectivity index (χ2n) is 12.4. The molecule has 2 aromatic heterocycles. The van der Waals surface area contributed by atoms with Crippen molar-refractivity contribution in [3.63, 3.8) is 0 Å². The van der Waals surface area contributed by atoms with Gasteiger partial charge in [-0.1, -0.05) is 109 Å². The lowest BCUT2D eigenvalue weighted by molar-refractivity contribution is 1.29. The zero-order valence-electron chi connectivity index (χ0n) is 26.4. The number of para-hydroxylation sites is 1. The number of benzene rings is 8. The van der Waals surface area contributed by atoms with Crippen molar-refractivity contribution in [2.75, 3.05) is 4.90 Å². The molecule has 0 fully saturated rings. The third-order valence-electron chi connectivity index (χ3n) is 9.45. The molecule has 0 spiro atoms. The van der Waals surface area contributed by atoms with E-state index in [9.17, 15) is 0 Å². The third-order valence-corrected chi connectivity index (χ3v) is 11.7. The van der Waals surface area contributed by atoms with Gasteiger partial charge in [-0.05, 0) is 87.9 Å². The molecule has 10 aromatic rings. The van der Waals surface area contributed by atoms with Gasteiger partial charge in [-0.25, -0.2) is 4.98 Å². The summed E-state index contributed by atoms with van der Waals surface area (Å²) in [5.41, 5.74) is 7.96. The first-order valence-electron chi connectivity index (χ1n) is 16.5. The van der Waals surface area contributed by atoms with Crippen LogP contribution >= 0.6 is 22.7 Å². The van der Waals surface area contributed by atoms with Gasteiger partial charge in [0, 0.05) is 48.2 Å². The molecule has 0 aliphatic heterocycles. The van der Waals surface area contributed by atoms with E-state index in [4.69, 9.17) is 4.98 Å². The standard InChI is InChI=1S/C45H28N2S2/c1-3-10-31(11-4-1)45-46-40-24-21-30-19-18-29-20-23-36(28-38(29)43(30)44(40)49-45)47(34-13-5-2-6-14-34)35-15-9-12-32(26-35)33-22-25-42-39(27-33)37-16-7-8-17-41(37)48-42/h1-28H. The van der Waals surface area contributed by atoms with E-state index in [0.29, 0.717) is 0 Å². The van der Waals surface area contributed by atoms with Crippen molar-refractivity contribution in [2.45, 2.75) is 0 Å². The summed E-state index contributed by atoms with van der Waals surface area (Å²) in [6.07, 6.45) is 0. The average molecular weight is 661 g/mol. The van der Waals surface area contributed by atoms with E-state index in [2.05, 4.69) is 175 Å². The van der Waals surface area contributed by atoms with Gasteiger partial charge in [0.05, 0.1) is 10.2 Å². The first kappa shape index (κ1) is 28.2. The van der Waals surface area contributed by atoms with E-state index in [0.717, 1.165) is 33.1 Å². The highest BCUT2D eigenvalue weighted by molar-refractivity contribution is 7.25. The van der Waals surface area contributed by atoms with Crippen molar-refractivity contribution < 1.29 is 0 Å². The molecule has 8 aromatic carbocycles. The fourth-order valence-electron chi connectivity index (χ4n) is 7.11. The number of hydrogen-bond acceptors (Lipinski definition) is 4. The molecule has 4 heteroatoms. The minimum Gasteiger partial charge on any atom is -0.310 e. The second-order valence-corrected chi connectivity index (χ2v) is 14.5. The van der Waals surface area contributed by atoms with Crippen LogP contribution in [0.2, 0.25) is 0 Å². The number of hydrogen-bond donors (Lipinski definition) is 0. The first-order chi connectivity index (χ1) is 24.3. The number of aromatic nitrogens is 1. The summed E-state index contributed by atoms with van der Waals surface area (Å²) in [6, 6.07) is 61.5. The van der Waals surface area contributed by atoms with Crippen LogP contribution in [0.1, 0.15) is 0 Å². The van der Waals surface area contributed by atoms with Crippen LogP contribution in [0, 0.1) is 0 Å². The Morgan fingerprint density at radius 2 is 1.08 bits per heavy atom. The third kappa shape index (κ3) is 4.80. The van der Waals surface area contributed by atoms with E-state index in [1.165, 1.54) is 57.5 Å². The Labute approximate surface area is 291 Å². The maximum Gasteiger partial charge on any atom is 0.124 e. The van der Waals surface area contributed by atoms with Crippen LogP contribution in [-0.2, 0) is 0 Å². The smallest absolute Gasteiger partial charge is 0.124 e. The molecule has 0 amide bonds. The van der Waals surface area contributed by atoms with Crippen molar-refractivity contribution in [3.8, 4) is 21.7 Å². The molecule has 0 saturated carbocycles. The molecular formula is C45H28N2S2. The number of nitrogens with zero attached hydrogens (tertiary/aromatic N) is 2. The molecule has 0 N–H and O–H groups in total. The van der Waals surface area contributed by atoms with Gasteiger partial charge in [0.15, 0.2) is 0 Å². The molecule has 0 unspecified atom stereocenters. The SMILES string of the molecule is c1ccc(-c2nc3ccc4ccc5ccc(N(c6ccccc6)c6cccc(-c7ccc8sc9ccccc9c8c7)c6)cc5c4c3s2)cc1. The zero-order valence-corrected chi connectivity index (χ0v) is 28.0. The minimum absolute atomic E-state index is 1.04. The molecule has 0 saturated heterocycles. The summed E-state index contributed by atoms with van der Waals surface area (Å²) in [5, 5.41) is 8.62. The summed E-state index contributed by atoms with van der Waals surface area (Å²) in [7, 11) is 0. The highest BCUT2D eigenvalue weighted by Crippen LogP contribution is 2.43. The number of fused-ring (bicyclic) bond motifs is 8. The molecule has 0 atom stereocenters. The molecular weight excluding hydrogens is 633 g/mol. The van der Waals surface area contributed by atoms with Crippen LogP contribution in [0.25, 0.3) is 73.6 Å². The quantitative estimate of drug-likeness (QED) is 0.171. The fourth-order valence-corrected chi connectivity index (χ4v) is 9.33. The summed E-state index contributed by atoms with van der Waals surface area (Å²) in [4.78, 5) is 7.45. The van der Waals surface area contributed by atoms with Crippen LogP contribution in [0.15, 0.2) is 170 Å². The van der Waals surface area contributed by atoms with Crippen molar-refractivity contribution in [1.29, 1.82) is 0 Å². The van der Waals surface area contributed by atoms with Gasteiger partial charge in [0.2, 0.25) is 0 Å². The van der Waals surface area contributed by atoms with Crippen LogP contribution < -0.4 is 4.90 Å². The van der Waals surface area contributed by atoms with E-state index >= 15 is 0 Å². The zero-order chi connectivity index (χ0) is 32.3. The summed E-state index contributed by atoms with van der Waals surface area (Å²) < 4.78 is 3.87. The highest BCUT2D eigenvalue weighted by Gasteiger charge is 2.17. The second kappa shape index (κ2) is 11.4. The van der Waals surface area contributed by atoms with Crippen LogP contribution in [-0.4, -0.2) is 4.98 Å². The van der Waals surface area contributed by atoms with Gasteiger partial charge >= 0.3 is 0 Å².